The third kappa shape index (κ3) is 2.55. The Balaban J connectivity index is 2.42. The minimum Gasteiger partial charge on any atom is -0.363 e. The average molecular weight is 304 g/mol. The molecule has 0 aromatic heterocycles. The molecule has 1 aromatic carbocycles. The largest absolute Gasteiger partial charge is 0.363 e. The molecular weight excluding hydrogens is 293 g/mol. The van der Waals surface area contributed by atoms with Gasteiger partial charge in [0.05, 0.1) is 15.5 Å². The second-order valence-corrected chi connectivity index (χ2v) is 4.60. The van der Waals surface area contributed by atoms with Crippen LogP contribution in [0.25, 0.3) is 0 Å². The van der Waals surface area contributed by atoms with Crippen molar-refractivity contribution in [2.24, 2.45) is 0 Å². The number of halogens is 2. The van der Waals surface area contributed by atoms with Crippen LogP contribution in [0.4, 0.5) is 15.8 Å². The first-order valence-electron chi connectivity index (χ1n) is 5.18. The van der Waals surface area contributed by atoms with E-state index >= 15 is 0 Å². The van der Waals surface area contributed by atoms with Crippen LogP contribution in [-0.4, -0.2) is 31.1 Å². The number of hydrogen-bond acceptors (Lipinski definition) is 4. The van der Waals surface area contributed by atoms with Crippen molar-refractivity contribution < 1.29 is 9.31 Å². The Morgan fingerprint density at radius 1 is 1.41 bits per heavy atom. The summed E-state index contributed by atoms with van der Waals surface area (Å²) in [5, 5.41) is 14.1. The van der Waals surface area contributed by atoms with Crippen LogP contribution in [0, 0.1) is 15.9 Å². The maximum Gasteiger partial charge on any atom is 0.295 e. The number of piperazine rings is 1. The molecule has 0 amide bonds. The van der Waals surface area contributed by atoms with E-state index in [1.54, 1.807) is 0 Å². The van der Waals surface area contributed by atoms with E-state index in [0.29, 0.717) is 18.8 Å². The summed E-state index contributed by atoms with van der Waals surface area (Å²) in [5.74, 6) is -0.615. The molecule has 7 heteroatoms. The van der Waals surface area contributed by atoms with Gasteiger partial charge in [-0.15, -0.1) is 0 Å². The highest BCUT2D eigenvalue weighted by Crippen LogP contribution is 2.33. The van der Waals surface area contributed by atoms with Gasteiger partial charge in [0.25, 0.3) is 5.69 Å². The number of benzene rings is 1. The highest BCUT2D eigenvalue weighted by atomic mass is 79.9. The Bertz CT molecular complexity index is 449. The minimum absolute atomic E-state index is 0.187. The molecule has 1 aliphatic rings. The molecule has 0 radical (unpaired) electrons. The predicted molar refractivity (Wildman–Crippen MR) is 65.8 cm³/mol. The Hall–Kier alpha value is -1.21. The van der Waals surface area contributed by atoms with Gasteiger partial charge in [0, 0.05) is 26.2 Å². The Morgan fingerprint density at radius 2 is 2.06 bits per heavy atom. The molecule has 0 spiro atoms. The molecule has 1 saturated heterocycles. The normalized spacial score (nSPS) is 16.0. The number of nitro benzene ring substituents is 1. The topological polar surface area (TPSA) is 58.4 Å². The molecule has 2 rings (SSSR count). The first kappa shape index (κ1) is 12.3. The van der Waals surface area contributed by atoms with E-state index in [4.69, 9.17) is 0 Å². The van der Waals surface area contributed by atoms with E-state index in [-0.39, 0.29) is 10.2 Å². The van der Waals surface area contributed by atoms with Gasteiger partial charge < -0.3 is 10.2 Å². The van der Waals surface area contributed by atoms with Gasteiger partial charge in [0.2, 0.25) is 0 Å². The van der Waals surface area contributed by atoms with Crippen molar-refractivity contribution in [1.29, 1.82) is 0 Å². The molecule has 1 fully saturated rings. The van der Waals surface area contributed by atoms with Crippen molar-refractivity contribution in [3.05, 3.63) is 32.5 Å². The molecule has 0 aliphatic carbocycles. The van der Waals surface area contributed by atoms with Gasteiger partial charge in [-0.05, 0) is 22.0 Å². The average Bonchev–Trinajstić information content (AvgIpc) is 2.33. The molecule has 1 aliphatic heterocycles. The number of anilines is 1. The van der Waals surface area contributed by atoms with Crippen LogP contribution in [0.3, 0.4) is 0 Å². The number of nitrogens with one attached hydrogen (secondary N) is 1. The van der Waals surface area contributed by atoms with Crippen molar-refractivity contribution in [3.63, 3.8) is 0 Å². The zero-order chi connectivity index (χ0) is 12.4. The van der Waals surface area contributed by atoms with E-state index in [2.05, 4.69) is 21.2 Å². The second-order valence-electron chi connectivity index (χ2n) is 3.75. The summed E-state index contributed by atoms with van der Waals surface area (Å²) in [7, 11) is 0. The van der Waals surface area contributed by atoms with E-state index in [1.165, 1.54) is 6.07 Å². The first-order chi connectivity index (χ1) is 8.09. The van der Waals surface area contributed by atoms with E-state index in [1.807, 2.05) is 4.90 Å². The van der Waals surface area contributed by atoms with Gasteiger partial charge in [0.1, 0.15) is 11.5 Å². The predicted octanol–water partition coefficient (Wildman–Crippen LogP) is 1.91. The molecule has 1 aromatic rings. The van der Waals surface area contributed by atoms with Crippen molar-refractivity contribution in [3.8, 4) is 0 Å². The quantitative estimate of drug-likeness (QED) is 0.670. The zero-order valence-electron chi connectivity index (χ0n) is 8.95. The van der Waals surface area contributed by atoms with Gasteiger partial charge in [-0.3, -0.25) is 10.1 Å². The van der Waals surface area contributed by atoms with Crippen molar-refractivity contribution >= 4 is 27.3 Å². The molecule has 17 heavy (non-hydrogen) atoms. The third-order valence-electron chi connectivity index (χ3n) is 2.67. The lowest BCUT2D eigenvalue weighted by Gasteiger charge is -2.29. The number of nitrogens with zero attached hydrogens (tertiary/aromatic N) is 2. The highest BCUT2D eigenvalue weighted by Gasteiger charge is 2.23. The molecule has 0 bridgehead atoms. The van der Waals surface area contributed by atoms with E-state index < -0.39 is 10.7 Å². The molecule has 0 saturated carbocycles. The highest BCUT2D eigenvalue weighted by molar-refractivity contribution is 9.10. The van der Waals surface area contributed by atoms with Gasteiger partial charge >= 0.3 is 0 Å². The molecule has 0 unspecified atom stereocenters. The summed E-state index contributed by atoms with van der Waals surface area (Å²) in [6, 6.07) is 2.43. The Labute approximate surface area is 106 Å². The van der Waals surface area contributed by atoms with Crippen LogP contribution in [0.5, 0.6) is 0 Å². The molecule has 1 heterocycles. The van der Waals surface area contributed by atoms with E-state index in [9.17, 15) is 14.5 Å². The van der Waals surface area contributed by atoms with Crippen molar-refractivity contribution in [1.82, 2.24) is 5.32 Å². The molecule has 5 nitrogen and oxygen atoms in total. The molecule has 0 atom stereocenters. The van der Waals surface area contributed by atoms with Crippen molar-refractivity contribution in [2.75, 3.05) is 31.1 Å². The summed E-state index contributed by atoms with van der Waals surface area (Å²) in [4.78, 5) is 12.2. The molecular formula is C10H11BrFN3O2. The molecule has 92 valence electrons. The second kappa shape index (κ2) is 4.97. The maximum absolute atomic E-state index is 13.3. The lowest BCUT2D eigenvalue weighted by Crippen LogP contribution is -2.43. The third-order valence-corrected chi connectivity index (χ3v) is 3.28. The van der Waals surface area contributed by atoms with Crippen LogP contribution >= 0.6 is 15.9 Å². The summed E-state index contributed by atoms with van der Waals surface area (Å²) in [6.45, 7) is 2.90. The first-order valence-corrected chi connectivity index (χ1v) is 5.98. The maximum atomic E-state index is 13.3. The zero-order valence-corrected chi connectivity index (χ0v) is 10.5. The lowest BCUT2D eigenvalue weighted by atomic mass is 10.2. The molecule has 1 N–H and O–H groups in total. The summed E-state index contributed by atoms with van der Waals surface area (Å²) in [5.41, 5.74) is 0.275. The SMILES string of the molecule is O=[N+]([O-])c1cc(F)c(Br)cc1N1CCNCC1. The fourth-order valence-electron chi connectivity index (χ4n) is 1.83. The number of rotatable bonds is 2. The lowest BCUT2D eigenvalue weighted by molar-refractivity contribution is -0.384. The summed E-state index contributed by atoms with van der Waals surface area (Å²) < 4.78 is 13.6. The van der Waals surface area contributed by atoms with Crippen LogP contribution in [0.2, 0.25) is 0 Å². The van der Waals surface area contributed by atoms with Crippen LogP contribution in [0.1, 0.15) is 0 Å². The summed E-state index contributed by atoms with van der Waals surface area (Å²) >= 11 is 3.06. The van der Waals surface area contributed by atoms with Crippen molar-refractivity contribution in [2.45, 2.75) is 0 Å². The van der Waals surface area contributed by atoms with Gasteiger partial charge in [-0.2, -0.15) is 0 Å². The van der Waals surface area contributed by atoms with Gasteiger partial charge in [-0.1, -0.05) is 0 Å². The summed E-state index contributed by atoms with van der Waals surface area (Å²) in [6.07, 6.45) is 0. The van der Waals surface area contributed by atoms with Crippen LogP contribution < -0.4 is 10.2 Å². The smallest absolute Gasteiger partial charge is 0.295 e. The fourth-order valence-corrected chi connectivity index (χ4v) is 2.16. The fraction of sp³-hybridized carbons (Fsp3) is 0.400. The number of hydrogen-bond donors (Lipinski definition) is 1. The standard InChI is InChI=1S/C10H11BrFN3O2/c11-7-5-9(14-3-1-13-2-4-14)10(15(16)17)6-8(7)12/h5-6,13H,1-4H2. The van der Waals surface area contributed by atoms with Crippen LogP contribution in [-0.2, 0) is 0 Å². The number of nitro groups is 1. The van der Waals surface area contributed by atoms with E-state index in [0.717, 1.165) is 19.2 Å². The Morgan fingerprint density at radius 3 is 2.65 bits per heavy atom. The minimum atomic E-state index is -0.615. The van der Waals surface area contributed by atoms with Gasteiger partial charge in [0.15, 0.2) is 0 Å². The Kier molecular flexibility index (Phi) is 3.58. The van der Waals surface area contributed by atoms with Crippen LogP contribution in [0.15, 0.2) is 16.6 Å². The van der Waals surface area contributed by atoms with Gasteiger partial charge in [-0.25, -0.2) is 4.39 Å². The monoisotopic (exact) mass is 303 g/mol.